The maximum Gasteiger partial charge on any atom is 0.417 e. The first-order valence-electron chi connectivity index (χ1n) is 12.7. The molecule has 2 unspecified atom stereocenters. The second-order valence-electron chi connectivity index (χ2n) is 7.64. The minimum absolute atomic E-state index is 0.0266. The van der Waals surface area contributed by atoms with E-state index in [0.717, 1.165) is 16.7 Å². The molecule has 0 bridgehead atoms. The Morgan fingerprint density at radius 2 is 1.27 bits per heavy atom. The molecule has 1 N–H and O–H groups in total. The lowest BCUT2D eigenvalue weighted by atomic mass is 10.1. The van der Waals surface area contributed by atoms with Crippen molar-refractivity contribution >= 4 is 18.1 Å². The predicted molar refractivity (Wildman–Crippen MR) is 144 cm³/mol. The number of nitrogens with one attached hydrogen (secondary N) is 1. The van der Waals surface area contributed by atoms with Crippen LogP contribution in [0, 0.1) is 0 Å². The number of hydrogen-bond acceptors (Lipinski definition) is 5. The standard InChI is InChI=1S/C17H15NO3.C9H9NO2.2C2H6/c19-16(11-13-7-3-1-4-8-13)18-15(12-21-17(18)20)14-9-5-2-6-10-14;11-9-10-8(6-12-9)7-4-2-1-3-5-7;2*1-2/h1-10,15H,11-12H2;1-5,8H,6H2,(H,10,11);2*1-2H3. The van der Waals surface area contributed by atoms with E-state index in [-0.39, 0.29) is 37.1 Å². The van der Waals surface area contributed by atoms with E-state index < -0.39 is 6.09 Å². The Morgan fingerprint density at radius 1 is 0.757 bits per heavy atom. The van der Waals surface area contributed by atoms with E-state index >= 15 is 0 Å². The van der Waals surface area contributed by atoms with Gasteiger partial charge in [-0.25, -0.2) is 14.5 Å². The third kappa shape index (κ3) is 8.49. The number of carbonyl (C=O) groups excluding carboxylic acids is 3. The Labute approximate surface area is 219 Å². The monoisotopic (exact) mass is 504 g/mol. The molecular weight excluding hydrogens is 468 g/mol. The number of amides is 3. The van der Waals surface area contributed by atoms with Crippen LogP contribution in [0.15, 0.2) is 91.0 Å². The fourth-order valence-electron chi connectivity index (χ4n) is 3.72. The Balaban J connectivity index is 0.000000255. The molecule has 0 aromatic heterocycles. The van der Waals surface area contributed by atoms with E-state index in [1.165, 1.54) is 4.90 Å². The summed E-state index contributed by atoms with van der Waals surface area (Å²) in [6, 6.07) is 28.3. The fraction of sp³-hybridized carbons (Fsp3) is 0.300. The first-order valence-corrected chi connectivity index (χ1v) is 12.7. The van der Waals surface area contributed by atoms with Gasteiger partial charge in [-0.1, -0.05) is 119 Å². The van der Waals surface area contributed by atoms with Crippen molar-refractivity contribution in [1.29, 1.82) is 0 Å². The lowest BCUT2D eigenvalue weighted by Gasteiger charge is -2.19. The van der Waals surface area contributed by atoms with Crippen LogP contribution in [0.25, 0.3) is 0 Å². The van der Waals surface area contributed by atoms with E-state index in [4.69, 9.17) is 9.47 Å². The minimum atomic E-state index is -0.565. The Bertz CT molecular complexity index is 1090. The van der Waals surface area contributed by atoms with Crippen molar-refractivity contribution in [3.8, 4) is 0 Å². The predicted octanol–water partition coefficient (Wildman–Crippen LogP) is 6.47. The third-order valence-electron chi connectivity index (χ3n) is 5.40. The number of alkyl carbamates (subject to hydrolysis) is 1. The summed E-state index contributed by atoms with van der Waals surface area (Å²) in [5.74, 6) is -0.238. The van der Waals surface area contributed by atoms with Gasteiger partial charge < -0.3 is 14.8 Å². The smallest absolute Gasteiger partial charge is 0.417 e. The highest BCUT2D eigenvalue weighted by Crippen LogP contribution is 2.28. The molecule has 3 aromatic rings. The van der Waals surface area contributed by atoms with Crippen LogP contribution in [0.3, 0.4) is 0 Å². The van der Waals surface area contributed by atoms with Gasteiger partial charge in [0.05, 0.1) is 12.5 Å². The number of benzene rings is 3. The maximum atomic E-state index is 12.4. The van der Waals surface area contributed by atoms with Crippen molar-refractivity contribution in [2.45, 2.75) is 46.2 Å². The number of cyclic esters (lactones) is 2. The number of nitrogens with zero attached hydrogens (tertiary/aromatic N) is 1. The summed E-state index contributed by atoms with van der Waals surface area (Å²) < 4.78 is 9.83. The highest BCUT2D eigenvalue weighted by molar-refractivity contribution is 5.94. The number of hydrogen-bond donors (Lipinski definition) is 1. The molecule has 2 atom stereocenters. The van der Waals surface area contributed by atoms with Gasteiger partial charge in [-0.2, -0.15) is 0 Å². The van der Waals surface area contributed by atoms with Gasteiger partial charge in [-0.15, -0.1) is 0 Å². The van der Waals surface area contributed by atoms with Crippen molar-refractivity contribution in [1.82, 2.24) is 10.2 Å². The summed E-state index contributed by atoms with van der Waals surface area (Å²) in [5, 5.41) is 2.71. The van der Waals surface area contributed by atoms with Crippen LogP contribution in [-0.4, -0.2) is 36.2 Å². The van der Waals surface area contributed by atoms with E-state index in [0.29, 0.717) is 6.61 Å². The molecule has 0 radical (unpaired) electrons. The fourth-order valence-corrected chi connectivity index (χ4v) is 3.72. The molecular formula is C30H36N2O5. The molecule has 2 fully saturated rings. The number of imide groups is 1. The average molecular weight is 505 g/mol. The molecule has 0 saturated carbocycles. The van der Waals surface area contributed by atoms with Crippen LogP contribution in [0.4, 0.5) is 9.59 Å². The summed E-state index contributed by atoms with van der Waals surface area (Å²) >= 11 is 0. The zero-order chi connectivity index (χ0) is 27.0. The van der Waals surface area contributed by atoms with Crippen LogP contribution in [0.5, 0.6) is 0 Å². The van der Waals surface area contributed by atoms with E-state index in [2.05, 4.69) is 5.32 Å². The SMILES string of the molecule is CC.CC.O=C(Cc1ccccc1)N1C(=O)OCC1c1ccccc1.O=C1NC(c2ccccc2)CO1. The molecule has 2 aliphatic heterocycles. The lowest BCUT2D eigenvalue weighted by Crippen LogP contribution is -2.35. The van der Waals surface area contributed by atoms with Crippen LogP contribution in [0.1, 0.15) is 56.5 Å². The number of ether oxygens (including phenoxy) is 2. The molecule has 2 aliphatic rings. The first-order chi connectivity index (χ1) is 18.1. The first kappa shape index (κ1) is 29.1. The van der Waals surface area contributed by atoms with Gasteiger partial charge in [0, 0.05) is 0 Å². The van der Waals surface area contributed by atoms with Gasteiger partial charge >= 0.3 is 12.2 Å². The van der Waals surface area contributed by atoms with Gasteiger partial charge in [0.15, 0.2) is 0 Å². The summed E-state index contributed by atoms with van der Waals surface area (Å²) in [6.07, 6.45) is -0.701. The normalized spacial score (nSPS) is 17.4. The zero-order valence-electron chi connectivity index (χ0n) is 21.9. The molecule has 0 aliphatic carbocycles. The van der Waals surface area contributed by atoms with Crippen LogP contribution in [-0.2, 0) is 20.7 Å². The van der Waals surface area contributed by atoms with E-state index in [1.54, 1.807) is 0 Å². The molecule has 7 heteroatoms. The molecule has 3 aromatic carbocycles. The van der Waals surface area contributed by atoms with Crippen molar-refractivity contribution in [3.05, 3.63) is 108 Å². The van der Waals surface area contributed by atoms with Crippen molar-refractivity contribution in [2.24, 2.45) is 0 Å². The molecule has 37 heavy (non-hydrogen) atoms. The quantitative estimate of drug-likeness (QED) is 0.440. The largest absolute Gasteiger partial charge is 0.447 e. The summed E-state index contributed by atoms with van der Waals surface area (Å²) in [7, 11) is 0. The highest BCUT2D eigenvalue weighted by Gasteiger charge is 2.38. The highest BCUT2D eigenvalue weighted by atomic mass is 16.6. The Morgan fingerprint density at radius 3 is 1.78 bits per heavy atom. The molecule has 0 spiro atoms. The molecule has 7 nitrogen and oxygen atoms in total. The van der Waals surface area contributed by atoms with Crippen molar-refractivity contribution in [2.75, 3.05) is 13.2 Å². The van der Waals surface area contributed by atoms with E-state index in [9.17, 15) is 14.4 Å². The van der Waals surface area contributed by atoms with Crippen molar-refractivity contribution < 1.29 is 23.9 Å². The molecule has 2 saturated heterocycles. The van der Waals surface area contributed by atoms with E-state index in [1.807, 2.05) is 119 Å². The maximum absolute atomic E-state index is 12.4. The molecule has 5 rings (SSSR count). The van der Waals surface area contributed by atoms with Crippen LogP contribution >= 0.6 is 0 Å². The summed E-state index contributed by atoms with van der Waals surface area (Å²) in [6.45, 7) is 8.65. The Kier molecular flexibility index (Phi) is 12.4. The second-order valence-corrected chi connectivity index (χ2v) is 7.64. The number of rotatable bonds is 4. The molecule has 2 heterocycles. The average Bonchev–Trinajstić information content (AvgIpc) is 3.58. The van der Waals surface area contributed by atoms with Crippen LogP contribution in [0.2, 0.25) is 0 Å². The topological polar surface area (TPSA) is 84.9 Å². The van der Waals surface area contributed by atoms with Crippen LogP contribution < -0.4 is 5.32 Å². The molecule has 196 valence electrons. The molecule has 3 amide bonds. The second kappa shape index (κ2) is 15.8. The van der Waals surface area contributed by atoms with Gasteiger partial charge in [-0.3, -0.25) is 4.79 Å². The summed E-state index contributed by atoms with van der Waals surface area (Å²) in [4.78, 5) is 36.2. The minimum Gasteiger partial charge on any atom is -0.447 e. The van der Waals surface area contributed by atoms with Crippen molar-refractivity contribution in [3.63, 3.8) is 0 Å². The third-order valence-corrected chi connectivity index (χ3v) is 5.40. The van der Waals surface area contributed by atoms with Gasteiger partial charge in [0.2, 0.25) is 5.91 Å². The summed E-state index contributed by atoms with van der Waals surface area (Å²) in [5.41, 5.74) is 2.88. The van der Waals surface area contributed by atoms with Gasteiger partial charge in [-0.05, 0) is 16.7 Å². The van der Waals surface area contributed by atoms with Gasteiger partial charge in [0.25, 0.3) is 0 Å². The van der Waals surface area contributed by atoms with Gasteiger partial charge in [0.1, 0.15) is 19.3 Å². The Hall–Kier alpha value is -4.13. The number of carbonyl (C=O) groups is 3. The lowest BCUT2D eigenvalue weighted by molar-refractivity contribution is -0.128. The zero-order valence-corrected chi connectivity index (χ0v) is 21.9.